The molecule has 1 aromatic carbocycles. The van der Waals surface area contributed by atoms with Gasteiger partial charge in [0.1, 0.15) is 12.4 Å². The van der Waals surface area contributed by atoms with Crippen LogP contribution in [0.2, 0.25) is 5.02 Å². The minimum absolute atomic E-state index is 0.163. The number of fused-ring (bicyclic) bond motifs is 1. The van der Waals surface area contributed by atoms with Crippen LogP contribution in [0.15, 0.2) is 23.8 Å². The molecule has 0 aliphatic carbocycles. The number of benzene rings is 1. The number of amides is 1. The molecular formula is C15H14ClNO4. The minimum atomic E-state index is -0.851. The third kappa shape index (κ3) is 2.74. The van der Waals surface area contributed by atoms with E-state index >= 15 is 0 Å². The Morgan fingerprint density at radius 3 is 2.90 bits per heavy atom. The summed E-state index contributed by atoms with van der Waals surface area (Å²) in [5.74, 6) is -0.790. The van der Waals surface area contributed by atoms with Crippen LogP contribution in [0, 0.1) is 5.92 Å². The lowest BCUT2D eigenvalue weighted by Gasteiger charge is -2.22. The molecule has 1 fully saturated rings. The van der Waals surface area contributed by atoms with Crippen molar-refractivity contribution in [1.29, 1.82) is 0 Å². The highest BCUT2D eigenvalue weighted by atomic mass is 35.5. The molecule has 1 saturated heterocycles. The summed E-state index contributed by atoms with van der Waals surface area (Å²) >= 11 is 5.94. The summed E-state index contributed by atoms with van der Waals surface area (Å²) in [6.07, 6.45) is 2.26. The summed E-state index contributed by atoms with van der Waals surface area (Å²) in [5.41, 5.74) is 1.29. The van der Waals surface area contributed by atoms with E-state index in [-0.39, 0.29) is 19.1 Å². The van der Waals surface area contributed by atoms with E-state index in [2.05, 4.69) is 0 Å². The molecular weight excluding hydrogens is 294 g/mol. The van der Waals surface area contributed by atoms with Gasteiger partial charge >= 0.3 is 5.97 Å². The van der Waals surface area contributed by atoms with E-state index in [4.69, 9.17) is 21.4 Å². The van der Waals surface area contributed by atoms with Gasteiger partial charge < -0.3 is 14.7 Å². The number of aliphatic carboxylic acids is 1. The van der Waals surface area contributed by atoms with Gasteiger partial charge in [0.25, 0.3) is 5.91 Å². The fourth-order valence-corrected chi connectivity index (χ4v) is 2.80. The highest BCUT2D eigenvalue weighted by molar-refractivity contribution is 6.30. The zero-order valence-corrected chi connectivity index (χ0v) is 12.0. The molecule has 1 amide bonds. The first-order chi connectivity index (χ1) is 10.0. The number of carbonyl (C=O) groups excluding carboxylic acids is 1. The number of rotatable bonds is 2. The van der Waals surface area contributed by atoms with Gasteiger partial charge in [0.15, 0.2) is 0 Å². The Morgan fingerprint density at radius 1 is 1.38 bits per heavy atom. The fourth-order valence-electron chi connectivity index (χ4n) is 2.62. The molecule has 2 heterocycles. The third-order valence-electron chi connectivity index (χ3n) is 3.78. The van der Waals surface area contributed by atoms with Gasteiger partial charge in [0, 0.05) is 23.7 Å². The zero-order valence-electron chi connectivity index (χ0n) is 11.2. The molecule has 2 aliphatic heterocycles. The summed E-state index contributed by atoms with van der Waals surface area (Å²) in [5, 5.41) is 9.57. The quantitative estimate of drug-likeness (QED) is 0.908. The fraction of sp³-hybridized carbons (Fsp3) is 0.333. The number of carbonyl (C=O) groups is 2. The van der Waals surface area contributed by atoms with Gasteiger partial charge in [-0.05, 0) is 30.7 Å². The summed E-state index contributed by atoms with van der Waals surface area (Å²) in [4.78, 5) is 24.9. The van der Waals surface area contributed by atoms with Crippen LogP contribution in [0.4, 0.5) is 0 Å². The molecule has 5 nitrogen and oxygen atoms in total. The number of hydrogen-bond donors (Lipinski definition) is 1. The summed E-state index contributed by atoms with van der Waals surface area (Å²) < 4.78 is 5.56. The maximum absolute atomic E-state index is 12.4. The van der Waals surface area contributed by atoms with Crippen molar-refractivity contribution in [3.05, 3.63) is 34.4 Å². The SMILES string of the molecule is O=C(O)[C@@H]1CCN(C(=O)C2=Cc3cc(Cl)ccc3OC2)C1. The number of carboxylic acid groups (broad SMARTS) is 1. The van der Waals surface area contributed by atoms with Gasteiger partial charge in [-0.15, -0.1) is 0 Å². The third-order valence-corrected chi connectivity index (χ3v) is 4.02. The van der Waals surface area contributed by atoms with Gasteiger partial charge in [-0.1, -0.05) is 11.6 Å². The molecule has 0 aromatic heterocycles. The molecule has 110 valence electrons. The van der Waals surface area contributed by atoms with Gasteiger partial charge in [-0.25, -0.2) is 0 Å². The molecule has 0 spiro atoms. The van der Waals surface area contributed by atoms with Crippen LogP contribution in [-0.2, 0) is 9.59 Å². The number of halogens is 1. The average molecular weight is 308 g/mol. The normalized spacial score (nSPS) is 20.5. The molecule has 0 bridgehead atoms. The maximum Gasteiger partial charge on any atom is 0.308 e. The number of hydrogen-bond acceptors (Lipinski definition) is 3. The topological polar surface area (TPSA) is 66.8 Å². The molecule has 1 aromatic rings. The highest BCUT2D eigenvalue weighted by Crippen LogP contribution is 2.30. The van der Waals surface area contributed by atoms with Crippen molar-refractivity contribution >= 4 is 29.6 Å². The van der Waals surface area contributed by atoms with Crippen LogP contribution < -0.4 is 4.74 Å². The first kappa shape index (κ1) is 13.9. The monoisotopic (exact) mass is 307 g/mol. The van der Waals surface area contributed by atoms with Crippen molar-refractivity contribution < 1.29 is 19.4 Å². The Bertz CT molecular complexity index is 641. The van der Waals surface area contributed by atoms with Gasteiger partial charge in [0.2, 0.25) is 0 Å². The molecule has 2 aliphatic rings. The molecule has 0 saturated carbocycles. The molecule has 1 N–H and O–H groups in total. The Hall–Kier alpha value is -2.01. The van der Waals surface area contributed by atoms with Crippen LogP contribution in [0.3, 0.4) is 0 Å². The second-order valence-electron chi connectivity index (χ2n) is 5.22. The second-order valence-corrected chi connectivity index (χ2v) is 5.65. The molecule has 0 unspecified atom stereocenters. The first-order valence-electron chi connectivity index (χ1n) is 6.69. The molecule has 6 heteroatoms. The van der Waals surface area contributed by atoms with Crippen molar-refractivity contribution in [2.45, 2.75) is 6.42 Å². The second kappa shape index (κ2) is 5.41. The minimum Gasteiger partial charge on any atom is -0.488 e. The van der Waals surface area contributed by atoms with Crippen molar-refractivity contribution in [2.24, 2.45) is 5.92 Å². The first-order valence-corrected chi connectivity index (χ1v) is 7.07. The van der Waals surface area contributed by atoms with Gasteiger partial charge in [-0.3, -0.25) is 9.59 Å². The lowest BCUT2D eigenvalue weighted by molar-refractivity contribution is -0.141. The lowest BCUT2D eigenvalue weighted by atomic mass is 10.1. The van der Waals surface area contributed by atoms with Crippen LogP contribution >= 0.6 is 11.6 Å². The van der Waals surface area contributed by atoms with Crippen molar-refractivity contribution in [1.82, 2.24) is 4.90 Å². The number of ether oxygens (including phenoxy) is 1. The van der Waals surface area contributed by atoms with Crippen molar-refractivity contribution in [3.8, 4) is 5.75 Å². The van der Waals surface area contributed by atoms with E-state index in [9.17, 15) is 9.59 Å². The molecule has 3 rings (SSSR count). The highest BCUT2D eigenvalue weighted by Gasteiger charge is 2.32. The Balaban J connectivity index is 1.79. The maximum atomic E-state index is 12.4. The van der Waals surface area contributed by atoms with Crippen LogP contribution in [-0.4, -0.2) is 41.6 Å². The van der Waals surface area contributed by atoms with E-state index in [1.807, 2.05) is 0 Å². The Morgan fingerprint density at radius 2 is 2.19 bits per heavy atom. The number of nitrogens with zero attached hydrogens (tertiary/aromatic N) is 1. The smallest absolute Gasteiger partial charge is 0.308 e. The van der Waals surface area contributed by atoms with Crippen molar-refractivity contribution in [2.75, 3.05) is 19.7 Å². The Kier molecular flexibility index (Phi) is 3.59. The Labute approximate surface area is 126 Å². The predicted molar refractivity (Wildman–Crippen MR) is 77.2 cm³/mol. The average Bonchev–Trinajstić information content (AvgIpc) is 2.95. The predicted octanol–water partition coefficient (Wildman–Crippen LogP) is 2.05. The summed E-state index contributed by atoms with van der Waals surface area (Å²) in [6, 6.07) is 5.25. The molecule has 1 atom stereocenters. The number of carboxylic acids is 1. The van der Waals surface area contributed by atoms with E-state index in [0.29, 0.717) is 29.3 Å². The van der Waals surface area contributed by atoms with Crippen molar-refractivity contribution in [3.63, 3.8) is 0 Å². The van der Waals surface area contributed by atoms with E-state index in [0.717, 1.165) is 5.56 Å². The molecule has 0 radical (unpaired) electrons. The van der Waals surface area contributed by atoms with E-state index < -0.39 is 11.9 Å². The van der Waals surface area contributed by atoms with E-state index in [1.54, 1.807) is 29.2 Å². The van der Waals surface area contributed by atoms with Gasteiger partial charge in [-0.2, -0.15) is 0 Å². The number of likely N-dealkylation sites (tertiary alicyclic amines) is 1. The molecule has 21 heavy (non-hydrogen) atoms. The van der Waals surface area contributed by atoms with Crippen LogP contribution in [0.1, 0.15) is 12.0 Å². The lowest BCUT2D eigenvalue weighted by Crippen LogP contribution is -2.33. The standard InChI is InChI=1S/C15H14ClNO4/c16-12-1-2-13-10(6-12)5-11(8-21-13)14(18)17-4-3-9(7-17)15(19)20/h1-2,5-6,9H,3-4,7-8H2,(H,19,20)/t9-/m1/s1. The van der Waals surface area contributed by atoms with Gasteiger partial charge in [0.05, 0.1) is 11.5 Å². The zero-order chi connectivity index (χ0) is 15.0. The largest absolute Gasteiger partial charge is 0.488 e. The summed E-state index contributed by atoms with van der Waals surface area (Å²) in [7, 11) is 0. The van der Waals surface area contributed by atoms with Crippen LogP contribution in [0.5, 0.6) is 5.75 Å². The summed E-state index contributed by atoms with van der Waals surface area (Å²) in [6.45, 7) is 0.922. The van der Waals surface area contributed by atoms with Crippen LogP contribution in [0.25, 0.3) is 6.08 Å². The van der Waals surface area contributed by atoms with E-state index in [1.165, 1.54) is 0 Å².